The zero-order valence-electron chi connectivity index (χ0n) is 14.3. The van der Waals surface area contributed by atoms with E-state index in [2.05, 4.69) is 10.6 Å². The molecule has 1 aromatic rings. The van der Waals surface area contributed by atoms with E-state index in [1.165, 1.54) is 12.1 Å². The van der Waals surface area contributed by atoms with Crippen molar-refractivity contribution in [3.8, 4) is 0 Å². The number of nitrogens with one attached hydrogen (secondary N) is 2. The summed E-state index contributed by atoms with van der Waals surface area (Å²) in [6.45, 7) is 7.15. The highest BCUT2D eigenvalue weighted by molar-refractivity contribution is 5.87. The van der Waals surface area contributed by atoms with Crippen LogP contribution in [0.25, 0.3) is 0 Å². The molecule has 2 rings (SSSR count). The third-order valence-electron chi connectivity index (χ3n) is 3.88. The van der Waals surface area contributed by atoms with Crippen LogP contribution in [0, 0.1) is 11.2 Å². The highest BCUT2D eigenvalue weighted by atomic mass is 35.5. The number of piperazine rings is 1. The summed E-state index contributed by atoms with van der Waals surface area (Å²) in [5, 5.41) is 5.90. The molecule has 1 fully saturated rings. The van der Waals surface area contributed by atoms with Gasteiger partial charge < -0.3 is 15.5 Å². The smallest absolute Gasteiger partial charge is 0.242 e. The number of carbonyl (C=O) groups excluding carboxylic acids is 2. The van der Waals surface area contributed by atoms with Gasteiger partial charge in [0.1, 0.15) is 5.82 Å². The van der Waals surface area contributed by atoms with Crippen molar-refractivity contribution in [3.63, 3.8) is 0 Å². The first-order chi connectivity index (χ1) is 10.8. The summed E-state index contributed by atoms with van der Waals surface area (Å²) < 4.78 is 13.5. The molecule has 1 aromatic carbocycles. The summed E-state index contributed by atoms with van der Waals surface area (Å²) in [5.74, 6) is -0.636. The van der Waals surface area contributed by atoms with Gasteiger partial charge in [0.05, 0.1) is 12.6 Å². The molecule has 5 nitrogen and oxygen atoms in total. The minimum absolute atomic E-state index is 0. The average Bonchev–Trinajstić information content (AvgIpc) is 2.51. The number of halogens is 2. The van der Waals surface area contributed by atoms with Gasteiger partial charge in [0.2, 0.25) is 11.8 Å². The van der Waals surface area contributed by atoms with Gasteiger partial charge in [0.15, 0.2) is 0 Å². The quantitative estimate of drug-likeness (QED) is 0.868. The number of amides is 2. The molecule has 134 valence electrons. The van der Waals surface area contributed by atoms with Crippen molar-refractivity contribution in [3.05, 3.63) is 35.6 Å². The largest absolute Gasteiger partial charge is 0.347 e. The third kappa shape index (κ3) is 5.18. The zero-order valence-corrected chi connectivity index (χ0v) is 15.1. The van der Waals surface area contributed by atoms with Crippen LogP contribution in [0.15, 0.2) is 24.3 Å². The molecule has 1 heterocycles. The molecule has 1 unspecified atom stereocenters. The fourth-order valence-corrected chi connectivity index (χ4v) is 2.54. The first-order valence-corrected chi connectivity index (χ1v) is 7.83. The van der Waals surface area contributed by atoms with Crippen molar-refractivity contribution < 1.29 is 14.0 Å². The van der Waals surface area contributed by atoms with Gasteiger partial charge >= 0.3 is 0 Å². The van der Waals surface area contributed by atoms with E-state index in [0.717, 1.165) is 5.56 Å². The fraction of sp³-hybridized carbons (Fsp3) is 0.529. The molecule has 7 heteroatoms. The van der Waals surface area contributed by atoms with Gasteiger partial charge in [-0.25, -0.2) is 4.39 Å². The van der Waals surface area contributed by atoms with Crippen LogP contribution in [0.1, 0.15) is 32.4 Å². The number of benzene rings is 1. The Hall–Kier alpha value is -1.66. The van der Waals surface area contributed by atoms with E-state index in [1.807, 2.05) is 6.07 Å². The molecule has 2 amide bonds. The predicted octanol–water partition coefficient (Wildman–Crippen LogP) is 1.88. The molecule has 1 saturated heterocycles. The summed E-state index contributed by atoms with van der Waals surface area (Å²) in [5.41, 5.74) is 0.221. The van der Waals surface area contributed by atoms with Crippen molar-refractivity contribution in [1.82, 2.24) is 15.5 Å². The van der Waals surface area contributed by atoms with Crippen LogP contribution in [-0.4, -0.2) is 42.9 Å². The molecule has 0 saturated carbocycles. The normalized spacial score (nSPS) is 17.8. The lowest BCUT2D eigenvalue weighted by molar-refractivity contribution is -0.137. The van der Waals surface area contributed by atoms with Crippen LogP contribution < -0.4 is 10.6 Å². The van der Waals surface area contributed by atoms with Crippen LogP contribution in [0.2, 0.25) is 0 Å². The molecule has 0 bridgehead atoms. The maximum Gasteiger partial charge on any atom is 0.242 e. The van der Waals surface area contributed by atoms with Gasteiger partial charge in [-0.15, -0.1) is 12.4 Å². The monoisotopic (exact) mass is 357 g/mol. The molecule has 24 heavy (non-hydrogen) atoms. The Morgan fingerprint density at radius 3 is 2.71 bits per heavy atom. The molecular formula is C17H25ClFN3O2. The Morgan fingerprint density at radius 2 is 2.08 bits per heavy atom. The summed E-state index contributed by atoms with van der Waals surface area (Å²) in [4.78, 5) is 26.1. The van der Waals surface area contributed by atoms with Crippen LogP contribution in [-0.2, 0) is 9.59 Å². The van der Waals surface area contributed by atoms with Crippen LogP contribution in [0.4, 0.5) is 4.39 Å². The lowest BCUT2D eigenvalue weighted by Crippen LogP contribution is -2.52. The van der Waals surface area contributed by atoms with E-state index in [1.54, 1.807) is 31.7 Å². The lowest BCUT2D eigenvalue weighted by Gasteiger charge is -2.36. The highest BCUT2D eigenvalue weighted by Gasteiger charge is 2.29. The van der Waals surface area contributed by atoms with Crippen LogP contribution >= 0.6 is 12.4 Å². The van der Waals surface area contributed by atoms with Gasteiger partial charge in [-0.05, 0) is 17.7 Å². The van der Waals surface area contributed by atoms with Crippen LogP contribution in [0.5, 0.6) is 0 Å². The fourth-order valence-electron chi connectivity index (χ4n) is 2.54. The Bertz CT molecular complexity index is 589. The maximum atomic E-state index is 13.5. The molecule has 1 aliphatic rings. The zero-order chi connectivity index (χ0) is 17.0. The van der Waals surface area contributed by atoms with Crippen LogP contribution in [0.3, 0.4) is 0 Å². The van der Waals surface area contributed by atoms with Gasteiger partial charge in [-0.3, -0.25) is 9.59 Å². The third-order valence-corrected chi connectivity index (χ3v) is 3.88. The van der Waals surface area contributed by atoms with Gasteiger partial charge in [-0.2, -0.15) is 0 Å². The van der Waals surface area contributed by atoms with Crippen molar-refractivity contribution >= 4 is 24.2 Å². The second-order valence-corrected chi connectivity index (χ2v) is 6.79. The Kier molecular flexibility index (Phi) is 7.17. The molecule has 0 spiro atoms. The summed E-state index contributed by atoms with van der Waals surface area (Å²) in [6, 6.07) is 6.07. The second-order valence-electron chi connectivity index (χ2n) is 6.79. The Balaban J connectivity index is 0.00000288. The second kappa shape index (κ2) is 8.44. The molecule has 2 N–H and O–H groups in total. The SMILES string of the molecule is CC(C)(C)C(=O)NCC(=O)N1CCNCC1c1cccc(F)c1.Cl. The minimum atomic E-state index is -0.536. The van der Waals surface area contributed by atoms with Gasteiger partial charge in [0, 0.05) is 25.0 Å². The molecule has 0 aliphatic carbocycles. The van der Waals surface area contributed by atoms with Crippen molar-refractivity contribution in [2.75, 3.05) is 26.2 Å². The summed E-state index contributed by atoms with van der Waals surface area (Å²) in [6.07, 6.45) is 0. The van der Waals surface area contributed by atoms with Crippen molar-refractivity contribution in [2.24, 2.45) is 5.41 Å². The van der Waals surface area contributed by atoms with E-state index in [9.17, 15) is 14.0 Å². The van der Waals surface area contributed by atoms with E-state index < -0.39 is 5.41 Å². The molecule has 1 atom stereocenters. The molecule has 1 aliphatic heterocycles. The van der Waals surface area contributed by atoms with E-state index in [-0.39, 0.29) is 42.6 Å². The number of nitrogens with zero attached hydrogens (tertiary/aromatic N) is 1. The standard InChI is InChI=1S/C17H24FN3O2.ClH/c1-17(2,3)16(23)20-11-15(22)21-8-7-19-10-14(21)12-5-4-6-13(18)9-12;/h4-6,9,14,19H,7-8,10-11H2,1-3H3,(H,20,23);1H. The lowest BCUT2D eigenvalue weighted by atomic mass is 9.96. The number of hydrogen-bond donors (Lipinski definition) is 2. The van der Waals surface area contributed by atoms with Gasteiger partial charge in [-0.1, -0.05) is 32.9 Å². The van der Waals surface area contributed by atoms with E-state index in [0.29, 0.717) is 19.6 Å². The first kappa shape index (κ1) is 20.4. The minimum Gasteiger partial charge on any atom is -0.347 e. The summed E-state index contributed by atoms with van der Waals surface area (Å²) >= 11 is 0. The van der Waals surface area contributed by atoms with E-state index in [4.69, 9.17) is 0 Å². The molecular weight excluding hydrogens is 333 g/mol. The first-order valence-electron chi connectivity index (χ1n) is 7.83. The number of rotatable bonds is 3. The highest BCUT2D eigenvalue weighted by Crippen LogP contribution is 2.23. The molecule has 0 aromatic heterocycles. The summed E-state index contributed by atoms with van der Waals surface area (Å²) in [7, 11) is 0. The van der Waals surface area contributed by atoms with Crippen molar-refractivity contribution in [2.45, 2.75) is 26.8 Å². The van der Waals surface area contributed by atoms with E-state index >= 15 is 0 Å². The Morgan fingerprint density at radius 1 is 1.38 bits per heavy atom. The predicted molar refractivity (Wildman–Crippen MR) is 93.4 cm³/mol. The average molecular weight is 358 g/mol. The number of hydrogen-bond acceptors (Lipinski definition) is 3. The molecule has 0 radical (unpaired) electrons. The topological polar surface area (TPSA) is 61.4 Å². The Labute approximate surface area is 148 Å². The van der Waals surface area contributed by atoms with Gasteiger partial charge in [0.25, 0.3) is 0 Å². The van der Waals surface area contributed by atoms with Crippen molar-refractivity contribution in [1.29, 1.82) is 0 Å². The number of carbonyl (C=O) groups is 2. The maximum absolute atomic E-state index is 13.5.